The van der Waals surface area contributed by atoms with Crippen LogP contribution in [0.25, 0.3) is 0 Å². The molecule has 0 radical (unpaired) electrons. The lowest BCUT2D eigenvalue weighted by molar-refractivity contribution is 0.210. The van der Waals surface area contributed by atoms with E-state index in [0.29, 0.717) is 12.5 Å². The van der Waals surface area contributed by atoms with Gasteiger partial charge in [0, 0.05) is 12.6 Å². The summed E-state index contributed by atoms with van der Waals surface area (Å²) in [5, 5.41) is 12.6. The van der Waals surface area contributed by atoms with Crippen molar-refractivity contribution in [1.29, 1.82) is 0 Å². The molecule has 1 aromatic carbocycles. The second-order valence-corrected chi connectivity index (χ2v) is 6.22. The number of methoxy groups -OCH3 is 1. The number of halogens is 2. The third-order valence-corrected chi connectivity index (χ3v) is 4.01. The fourth-order valence-electron chi connectivity index (χ4n) is 1.67. The van der Waals surface area contributed by atoms with E-state index in [1.807, 2.05) is 12.1 Å². The molecule has 0 fully saturated rings. The van der Waals surface area contributed by atoms with Crippen LogP contribution < -0.4 is 10.1 Å². The van der Waals surface area contributed by atoms with Gasteiger partial charge in [0.05, 0.1) is 22.7 Å². The molecule has 0 spiro atoms. The van der Waals surface area contributed by atoms with Gasteiger partial charge in [-0.15, -0.1) is 0 Å². The molecule has 1 atom stereocenters. The van der Waals surface area contributed by atoms with Gasteiger partial charge in [-0.3, -0.25) is 0 Å². The van der Waals surface area contributed by atoms with E-state index >= 15 is 0 Å². The van der Waals surface area contributed by atoms with Crippen LogP contribution in [-0.4, -0.2) is 24.9 Å². The monoisotopic (exact) mass is 379 g/mol. The topological polar surface area (TPSA) is 41.5 Å². The average Bonchev–Trinajstić information content (AvgIpc) is 2.29. The molecule has 0 bridgehead atoms. The Kier molecular flexibility index (Phi) is 6.63. The predicted octanol–water partition coefficient (Wildman–Crippen LogP) is 3.33. The first kappa shape index (κ1) is 16.0. The van der Waals surface area contributed by atoms with Gasteiger partial charge in [-0.25, -0.2) is 0 Å². The third-order valence-electron chi connectivity index (χ3n) is 2.83. The molecule has 1 unspecified atom stereocenters. The Morgan fingerprint density at radius 1 is 1.28 bits per heavy atom. The normalized spacial score (nSPS) is 12.8. The molecule has 18 heavy (non-hydrogen) atoms. The van der Waals surface area contributed by atoms with Crippen LogP contribution in [-0.2, 0) is 6.54 Å². The van der Waals surface area contributed by atoms with Crippen molar-refractivity contribution < 1.29 is 9.84 Å². The van der Waals surface area contributed by atoms with E-state index in [1.54, 1.807) is 7.11 Å². The second-order valence-electron chi connectivity index (χ2n) is 4.51. The molecule has 0 aliphatic carbocycles. The molecule has 1 rings (SSSR count). The maximum absolute atomic E-state index is 9.26. The molecule has 0 amide bonds. The highest BCUT2D eigenvalue weighted by Gasteiger charge is 2.12. The standard InChI is InChI=1S/C13H19Br2NO2/c1-8(2)12(7-17)16-6-9-4-10(14)13(18-3)11(15)5-9/h4-5,8,12,16-17H,6-7H2,1-3H3. The molecule has 5 heteroatoms. The van der Waals surface area contributed by atoms with Crippen molar-refractivity contribution >= 4 is 31.9 Å². The summed E-state index contributed by atoms with van der Waals surface area (Å²) in [6.45, 7) is 5.04. The quantitative estimate of drug-likeness (QED) is 0.795. The Labute approximate surface area is 125 Å². The van der Waals surface area contributed by atoms with E-state index in [4.69, 9.17) is 4.74 Å². The van der Waals surface area contributed by atoms with E-state index < -0.39 is 0 Å². The fraction of sp³-hybridized carbons (Fsp3) is 0.538. The van der Waals surface area contributed by atoms with Gasteiger partial charge in [0.2, 0.25) is 0 Å². The van der Waals surface area contributed by atoms with Crippen molar-refractivity contribution in [3.63, 3.8) is 0 Å². The predicted molar refractivity (Wildman–Crippen MR) is 80.9 cm³/mol. The highest BCUT2D eigenvalue weighted by Crippen LogP contribution is 2.34. The van der Waals surface area contributed by atoms with E-state index in [9.17, 15) is 5.11 Å². The Hall–Kier alpha value is -0.100. The number of hydrogen-bond donors (Lipinski definition) is 2. The number of ether oxygens (including phenoxy) is 1. The minimum Gasteiger partial charge on any atom is -0.494 e. The van der Waals surface area contributed by atoms with Crippen molar-refractivity contribution in [2.75, 3.05) is 13.7 Å². The molecule has 3 nitrogen and oxygen atoms in total. The zero-order valence-corrected chi connectivity index (χ0v) is 14.0. The van der Waals surface area contributed by atoms with Gasteiger partial charge in [0.25, 0.3) is 0 Å². The fourth-order valence-corrected chi connectivity index (χ4v) is 3.27. The molecule has 0 aromatic heterocycles. The largest absolute Gasteiger partial charge is 0.494 e. The number of aliphatic hydroxyl groups is 1. The number of rotatable bonds is 6. The molecule has 2 N–H and O–H groups in total. The molecule has 0 aliphatic rings. The first-order valence-electron chi connectivity index (χ1n) is 5.85. The summed E-state index contributed by atoms with van der Waals surface area (Å²) in [4.78, 5) is 0. The highest BCUT2D eigenvalue weighted by molar-refractivity contribution is 9.11. The van der Waals surface area contributed by atoms with Gasteiger partial charge < -0.3 is 15.2 Å². The molecular weight excluding hydrogens is 362 g/mol. The first-order chi connectivity index (χ1) is 8.49. The molecule has 102 valence electrons. The van der Waals surface area contributed by atoms with Crippen molar-refractivity contribution in [2.24, 2.45) is 5.92 Å². The summed E-state index contributed by atoms with van der Waals surface area (Å²) in [5.74, 6) is 1.20. The zero-order valence-electron chi connectivity index (χ0n) is 10.8. The van der Waals surface area contributed by atoms with E-state index in [-0.39, 0.29) is 12.6 Å². The lowest BCUT2D eigenvalue weighted by atomic mass is 10.1. The van der Waals surface area contributed by atoms with Crippen molar-refractivity contribution in [2.45, 2.75) is 26.4 Å². The molecule has 0 saturated carbocycles. The number of hydrogen-bond acceptors (Lipinski definition) is 3. The minimum atomic E-state index is 0.115. The third kappa shape index (κ3) is 4.23. The van der Waals surface area contributed by atoms with E-state index in [2.05, 4.69) is 51.0 Å². The van der Waals surface area contributed by atoms with Crippen LogP contribution in [0.15, 0.2) is 21.1 Å². The van der Waals surface area contributed by atoms with Crippen LogP contribution in [0, 0.1) is 5.92 Å². The van der Waals surface area contributed by atoms with E-state index in [1.165, 1.54) is 0 Å². The molecule has 0 aliphatic heterocycles. The minimum absolute atomic E-state index is 0.115. The van der Waals surface area contributed by atoms with Crippen LogP contribution in [0.5, 0.6) is 5.75 Å². The number of benzene rings is 1. The van der Waals surface area contributed by atoms with Gasteiger partial charge in [0.1, 0.15) is 5.75 Å². The summed E-state index contributed by atoms with van der Waals surface area (Å²) in [6.07, 6.45) is 0. The molecule has 1 aromatic rings. The first-order valence-corrected chi connectivity index (χ1v) is 7.44. The second kappa shape index (κ2) is 7.48. The Morgan fingerprint density at radius 2 is 1.83 bits per heavy atom. The van der Waals surface area contributed by atoms with Crippen molar-refractivity contribution in [1.82, 2.24) is 5.32 Å². The lowest BCUT2D eigenvalue weighted by Gasteiger charge is -2.20. The van der Waals surface area contributed by atoms with Crippen LogP contribution in [0.1, 0.15) is 19.4 Å². The summed E-state index contributed by atoms with van der Waals surface area (Å²) < 4.78 is 7.10. The molecular formula is C13H19Br2NO2. The SMILES string of the molecule is COc1c(Br)cc(CNC(CO)C(C)C)cc1Br. The van der Waals surface area contributed by atoms with Gasteiger partial charge in [-0.1, -0.05) is 13.8 Å². The number of aliphatic hydroxyl groups excluding tert-OH is 1. The highest BCUT2D eigenvalue weighted by atomic mass is 79.9. The Bertz CT molecular complexity index is 374. The van der Waals surface area contributed by atoms with Crippen LogP contribution >= 0.6 is 31.9 Å². The van der Waals surface area contributed by atoms with Crippen molar-refractivity contribution in [3.8, 4) is 5.75 Å². The molecule has 0 saturated heterocycles. The van der Waals surface area contributed by atoms with Gasteiger partial charge in [0.15, 0.2) is 0 Å². The summed E-state index contributed by atoms with van der Waals surface area (Å²) >= 11 is 6.96. The number of nitrogens with one attached hydrogen (secondary N) is 1. The smallest absolute Gasteiger partial charge is 0.147 e. The Balaban J connectivity index is 2.74. The van der Waals surface area contributed by atoms with Gasteiger partial charge in [-0.05, 0) is 55.5 Å². The summed E-state index contributed by atoms with van der Waals surface area (Å²) in [6, 6.07) is 4.15. The maximum Gasteiger partial charge on any atom is 0.147 e. The van der Waals surface area contributed by atoms with Gasteiger partial charge in [-0.2, -0.15) is 0 Å². The van der Waals surface area contributed by atoms with Gasteiger partial charge >= 0.3 is 0 Å². The average molecular weight is 381 g/mol. The lowest BCUT2D eigenvalue weighted by Crippen LogP contribution is -2.36. The maximum atomic E-state index is 9.26. The van der Waals surface area contributed by atoms with E-state index in [0.717, 1.165) is 20.3 Å². The summed E-state index contributed by atoms with van der Waals surface area (Å²) in [7, 11) is 1.64. The van der Waals surface area contributed by atoms with Crippen LogP contribution in [0.2, 0.25) is 0 Å². The molecule has 0 heterocycles. The zero-order chi connectivity index (χ0) is 13.7. The Morgan fingerprint density at radius 3 is 2.22 bits per heavy atom. The summed E-state index contributed by atoms with van der Waals surface area (Å²) in [5.41, 5.74) is 1.13. The van der Waals surface area contributed by atoms with Crippen LogP contribution in [0.3, 0.4) is 0 Å². The van der Waals surface area contributed by atoms with Crippen LogP contribution in [0.4, 0.5) is 0 Å². The van der Waals surface area contributed by atoms with Crippen molar-refractivity contribution in [3.05, 3.63) is 26.6 Å².